The molecule has 1 aromatic heterocycles. The SMILES string of the molecule is CNC(CC1CCOC1)c1c(Br)cnn1C. The van der Waals surface area contributed by atoms with Gasteiger partial charge in [-0.05, 0) is 41.7 Å². The van der Waals surface area contributed by atoms with Gasteiger partial charge < -0.3 is 10.1 Å². The van der Waals surface area contributed by atoms with Gasteiger partial charge in [-0.1, -0.05) is 0 Å². The van der Waals surface area contributed by atoms with Crippen LogP contribution < -0.4 is 5.32 Å². The Morgan fingerprint density at radius 2 is 2.56 bits per heavy atom. The van der Waals surface area contributed by atoms with E-state index in [9.17, 15) is 0 Å². The van der Waals surface area contributed by atoms with Gasteiger partial charge in [0.15, 0.2) is 0 Å². The third-order valence-corrected chi connectivity index (χ3v) is 3.82. The Morgan fingerprint density at radius 1 is 1.75 bits per heavy atom. The quantitative estimate of drug-likeness (QED) is 0.919. The first-order chi connectivity index (χ1) is 7.72. The Hall–Kier alpha value is -0.390. The molecule has 1 aromatic rings. The zero-order valence-electron chi connectivity index (χ0n) is 9.74. The average Bonchev–Trinajstić information content (AvgIpc) is 2.87. The van der Waals surface area contributed by atoms with Crippen LogP contribution in [0.2, 0.25) is 0 Å². The van der Waals surface area contributed by atoms with E-state index in [0.717, 1.165) is 24.1 Å². The van der Waals surface area contributed by atoms with E-state index in [1.54, 1.807) is 0 Å². The summed E-state index contributed by atoms with van der Waals surface area (Å²) in [7, 11) is 3.98. The lowest BCUT2D eigenvalue weighted by Crippen LogP contribution is -2.23. The van der Waals surface area contributed by atoms with Gasteiger partial charge in [-0.15, -0.1) is 0 Å². The average molecular weight is 288 g/mol. The number of aryl methyl sites for hydroxylation is 1. The molecule has 16 heavy (non-hydrogen) atoms. The minimum Gasteiger partial charge on any atom is -0.381 e. The van der Waals surface area contributed by atoms with Crippen molar-refractivity contribution in [2.24, 2.45) is 13.0 Å². The van der Waals surface area contributed by atoms with E-state index in [1.165, 1.54) is 12.1 Å². The lowest BCUT2D eigenvalue weighted by molar-refractivity contribution is 0.181. The van der Waals surface area contributed by atoms with Crippen molar-refractivity contribution < 1.29 is 4.74 Å². The number of ether oxygens (including phenoxy) is 1. The molecule has 0 saturated carbocycles. The first-order valence-corrected chi connectivity index (χ1v) is 6.44. The highest BCUT2D eigenvalue weighted by Gasteiger charge is 2.24. The van der Waals surface area contributed by atoms with Gasteiger partial charge in [-0.2, -0.15) is 5.10 Å². The summed E-state index contributed by atoms with van der Waals surface area (Å²) < 4.78 is 8.43. The fourth-order valence-electron chi connectivity index (χ4n) is 2.28. The highest BCUT2D eigenvalue weighted by Crippen LogP contribution is 2.30. The van der Waals surface area contributed by atoms with Crippen LogP contribution in [0.1, 0.15) is 24.6 Å². The van der Waals surface area contributed by atoms with Crippen molar-refractivity contribution in [1.29, 1.82) is 0 Å². The maximum atomic E-state index is 5.42. The summed E-state index contributed by atoms with van der Waals surface area (Å²) in [5.74, 6) is 0.666. The first kappa shape index (κ1) is 12.1. The Balaban J connectivity index is 2.09. The van der Waals surface area contributed by atoms with Crippen LogP contribution in [-0.2, 0) is 11.8 Å². The van der Waals surface area contributed by atoms with E-state index in [1.807, 2.05) is 25.0 Å². The molecule has 0 aliphatic carbocycles. The maximum absolute atomic E-state index is 5.42. The molecule has 1 N–H and O–H groups in total. The molecule has 2 rings (SSSR count). The van der Waals surface area contributed by atoms with Crippen molar-refractivity contribution >= 4 is 15.9 Å². The van der Waals surface area contributed by atoms with Crippen molar-refractivity contribution in [3.8, 4) is 0 Å². The zero-order chi connectivity index (χ0) is 11.5. The largest absolute Gasteiger partial charge is 0.381 e. The molecule has 2 heterocycles. The third-order valence-electron chi connectivity index (χ3n) is 3.21. The Kier molecular flexibility index (Phi) is 4.00. The standard InChI is InChI=1S/C11H18BrN3O/c1-13-10(5-8-3-4-16-7-8)11-9(12)6-14-15(11)2/h6,8,10,13H,3-5,7H2,1-2H3. The summed E-state index contributed by atoms with van der Waals surface area (Å²) in [6.07, 6.45) is 4.13. The van der Waals surface area contributed by atoms with E-state index >= 15 is 0 Å². The highest BCUT2D eigenvalue weighted by molar-refractivity contribution is 9.10. The summed E-state index contributed by atoms with van der Waals surface area (Å²) in [6.45, 7) is 1.81. The van der Waals surface area contributed by atoms with Gasteiger partial charge in [0.05, 0.1) is 22.4 Å². The minimum absolute atomic E-state index is 0.341. The highest BCUT2D eigenvalue weighted by atomic mass is 79.9. The van der Waals surface area contributed by atoms with Crippen LogP contribution >= 0.6 is 15.9 Å². The summed E-state index contributed by atoms with van der Waals surface area (Å²) in [5, 5.41) is 7.62. The van der Waals surface area contributed by atoms with Gasteiger partial charge in [-0.25, -0.2) is 0 Å². The fourth-order valence-corrected chi connectivity index (χ4v) is 2.91. The van der Waals surface area contributed by atoms with Crippen molar-refractivity contribution in [2.75, 3.05) is 20.3 Å². The predicted octanol–water partition coefficient (Wildman–Crippen LogP) is 1.87. The van der Waals surface area contributed by atoms with E-state index in [0.29, 0.717) is 12.0 Å². The van der Waals surface area contributed by atoms with Gasteiger partial charge >= 0.3 is 0 Å². The molecule has 1 aliphatic heterocycles. The van der Waals surface area contributed by atoms with Crippen molar-refractivity contribution in [1.82, 2.24) is 15.1 Å². The molecule has 0 amide bonds. The smallest absolute Gasteiger partial charge is 0.0692 e. The summed E-state index contributed by atoms with van der Waals surface area (Å²) in [6, 6.07) is 0.341. The molecule has 0 aromatic carbocycles. The van der Waals surface area contributed by atoms with Gasteiger partial charge in [0.1, 0.15) is 0 Å². The van der Waals surface area contributed by atoms with E-state index in [4.69, 9.17) is 4.74 Å². The molecule has 5 heteroatoms. The number of hydrogen-bond acceptors (Lipinski definition) is 3. The second kappa shape index (κ2) is 5.29. The van der Waals surface area contributed by atoms with Gasteiger partial charge in [0.2, 0.25) is 0 Å². The molecule has 1 aliphatic rings. The van der Waals surface area contributed by atoms with Crippen molar-refractivity contribution in [3.63, 3.8) is 0 Å². The van der Waals surface area contributed by atoms with Gasteiger partial charge in [-0.3, -0.25) is 4.68 Å². The van der Waals surface area contributed by atoms with Crippen LogP contribution in [0.25, 0.3) is 0 Å². The molecule has 2 unspecified atom stereocenters. The van der Waals surface area contributed by atoms with Gasteiger partial charge in [0, 0.05) is 20.3 Å². The first-order valence-electron chi connectivity index (χ1n) is 5.64. The second-order valence-electron chi connectivity index (χ2n) is 4.31. The van der Waals surface area contributed by atoms with Crippen LogP contribution in [0, 0.1) is 5.92 Å². The maximum Gasteiger partial charge on any atom is 0.0692 e. The Morgan fingerprint density at radius 3 is 3.06 bits per heavy atom. The number of nitrogens with zero attached hydrogens (tertiary/aromatic N) is 2. The molecular formula is C11H18BrN3O. The minimum atomic E-state index is 0.341. The van der Waals surface area contributed by atoms with Crippen LogP contribution in [0.3, 0.4) is 0 Å². The van der Waals surface area contributed by atoms with Crippen molar-refractivity contribution in [2.45, 2.75) is 18.9 Å². The van der Waals surface area contributed by atoms with Gasteiger partial charge in [0.25, 0.3) is 0 Å². The van der Waals surface area contributed by atoms with E-state index in [-0.39, 0.29) is 0 Å². The number of rotatable bonds is 4. The van der Waals surface area contributed by atoms with Crippen LogP contribution in [0.4, 0.5) is 0 Å². The Bertz CT molecular complexity index is 327. The molecule has 1 saturated heterocycles. The second-order valence-corrected chi connectivity index (χ2v) is 5.16. The monoisotopic (exact) mass is 287 g/mol. The summed E-state index contributed by atoms with van der Waals surface area (Å²) in [5.41, 5.74) is 1.22. The molecule has 0 radical (unpaired) electrons. The number of halogens is 1. The van der Waals surface area contributed by atoms with Crippen LogP contribution in [0.5, 0.6) is 0 Å². The molecule has 2 atom stereocenters. The molecule has 0 spiro atoms. The molecular weight excluding hydrogens is 270 g/mol. The molecule has 0 bridgehead atoms. The van der Waals surface area contributed by atoms with Crippen LogP contribution in [0.15, 0.2) is 10.7 Å². The molecule has 90 valence electrons. The van der Waals surface area contributed by atoms with E-state index < -0.39 is 0 Å². The number of aromatic nitrogens is 2. The third kappa shape index (κ3) is 2.47. The van der Waals surface area contributed by atoms with E-state index in [2.05, 4.69) is 26.3 Å². The molecule has 4 nitrogen and oxygen atoms in total. The molecule has 1 fully saturated rings. The zero-order valence-corrected chi connectivity index (χ0v) is 11.3. The lowest BCUT2D eigenvalue weighted by Gasteiger charge is -2.20. The fraction of sp³-hybridized carbons (Fsp3) is 0.727. The Labute approximate surface area is 104 Å². The predicted molar refractivity (Wildman–Crippen MR) is 66.3 cm³/mol. The normalized spacial score (nSPS) is 22.6. The number of hydrogen-bond donors (Lipinski definition) is 1. The van der Waals surface area contributed by atoms with Crippen molar-refractivity contribution in [3.05, 3.63) is 16.4 Å². The van der Waals surface area contributed by atoms with Crippen LogP contribution in [-0.4, -0.2) is 30.0 Å². The lowest BCUT2D eigenvalue weighted by atomic mass is 9.97. The topological polar surface area (TPSA) is 39.1 Å². The summed E-state index contributed by atoms with van der Waals surface area (Å²) in [4.78, 5) is 0. The number of nitrogens with one attached hydrogen (secondary N) is 1. The summed E-state index contributed by atoms with van der Waals surface area (Å²) >= 11 is 3.55.